The van der Waals surface area contributed by atoms with Crippen LogP contribution in [0.2, 0.25) is 0 Å². The van der Waals surface area contributed by atoms with Gasteiger partial charge in [0.05, 0.1) is 6.61 Å². The maximum Gasteiger partial charge on any atom is 0.399 e. The van der Waals surface area contributed by atoms with Gasteiger partial charge in [-0.05, 0) is 37.0 Å². The average molecular weight is 331 g/mol. The molecule has 3 nitrogen and oxygen atoms in total. The van der Waals surface area contributed by atoms with E-state index in [1.807, 2.05) is 12.2 Å². The fraction of sp³-hybridized carbons (Fsp3) is 0.769. The number of hydrogen-bond acceptors (Lipinski definition) is 3. The predicted molar refractivity (Wildman–Crippen MR) is 59.3 cm³/mol. The molecule has 0 heterocycles. The SMILES string of the molecule is O=C(OCCC1CC2C=CC1C2)C([O-])(C(F)(F)F)C(F)(F)F. The van der Waals surface area contributed by atoms with Gasteiger partial charge in [0.1, 0.15) is 0 Å². The van der Waals surface area contributed by atoms with Gasteiger partial charge in [0, 0.05) is 0 Å². The maximum absolute atomic E-state index is 12.4. The van der Waals surface area contributed by atoms with Crippen molar-refractivity contribution in [1.29, 1.82) is 0 Å². The summed E-state index contributed by atoms with van der Waals surface area (Å²) in [5.74, 6) is -2.20. The molecule has 3 unspecified atom stereocenters. The van der Waals surface area contributed by atoms with Gasteiger partial charge in [-0.15, -0.1) is 0 Å². The minimum atomic E-state index is -6.31. The number of rotatable bonds is 4. The van der Waals surface area contributed by atoms with Crippen molar-refractivity contribution in [3.05, 3.63) is 12.2 Å². The van der Waals surface area contributed by atoms with Crippen molar-refractivity contribution < 1.29 is 41.0 Å². The van der Waals surface area contributed by atoms with Crippen LogP contribution in [0.25, 0.3) is 0 Å². The van der Waals surface area contributed by atoms with Crippen LogP contribution in [0.15, 0.2) is 12.2 Å². The van der Waals surface area contributed by atoms with Crippen LogP contribution in [0.1, 0.15) is 19.3 Å². The number of hydrogen-bond donors (Lipinski definition) is 0. The average Bonchev–Trinajstić information content (AvgIpc) is 2.97. The van der Waals surface area contributed by atoms with Crippen LogP contribution >= 0.6 is 0 Å². The van der Waals surface area contributed by atoms with E-state index in [1.165, 1.54) is 0 Å². The summed E-state index contributed by atoms with van der Waals surface area (Å²) in [5.41, 5.74) is -5.74. The fourth-order valence-electron chi connectivity index (χ4n) is 3.02. The summed E-state index contributed by atoms with van der Waals surface area (Å²) >= 11 is 0. The molecule has 2 aliphatic carbocycles. The van der Waals surface area contributed by atoms with Crippen molar-refractivity contribution in [3.8, 4) is 0 Å². The molecule has 2 aliphatic rings. The predicted octanol–water partition coefficient (Wildman–Crippen LogP) is 2.36. The fourth-order valence-corrected chi connectivity index (χ4v) is 3.02. The van der Waals surface area contributed by atoms with E-state index in [1.54, 1.807) is 0 Å². The zero-order valence-corrected chi connectivity index (χ0v) is 11.2. The van der Waals surface area contributed by atoms with Gasteiger partial charge in [0.25, 0.3) is 0 Å². The second-order valence-corrected chi connectivity index (χ2v) is 5.64. The molecule has 2 bridgehead atoms. The van der Waals surface area contributed by atoms with Gasteiger partial charge in [-0.3, -0.25) is 4.79 Å². The largest absolute Gasteiger partial charge is 0.828 e. The normalized spacial score (nSPS) is 28.2. The van der Waals surface area contributed by atoms with Crippen molar-refractivity contribution in [2.45, 2.75) is 37.2 Å². The van der Waals surface area contributed by atoms with Crippen molar-refractivity contribution in [2.75, 3.05) is 6.61 Å². The first-order chi connectivity index (χ1) is 9.97. The molecule has 0 spiro atoms. The van der Waals surface area contributed by atoms with Crippen molar-refractivity contribution >= 4 is 5.97 Å². The van der Waals surface area contributed by atoms with E-state index in [-0.39, 0.29) is 18.3 Å². The molecule has 0 aromatic carbocycles. The van der Waals surface area contributed by atoms with Crippen molar-refractivity contribution in [1.82, 2.24) is 0 Å². The molecule has 0 aromatic rings. The molecule has 0 N–H and O–H groups in total. The van der Waals surface area contributed by atoms with Crippen LogP contribution in [-0.4, -0.2) is 30.5 Å². The first-order valence-electron chi connectivity index (χ1n) is 6.66. The highest BCUT2D eigenvalue weighted by Crippen LogP contribution is 2.45. The van der Waals surface area contributed by atoms with E-state index in [4.69, 9.17) is 0 Å². The molecule has 0 amide bonds. The molecule has 1 saturated carbocycles. The number of halogens is 6. The molecule has 3 atom stereocenters. The standard InChI is InChI=1S/C13H13F6O3/c14-12(15,16)11(21,13(17,18)19)10(20)22-4-3-9-6-7-1-2-8(9)5-7/h1-2,7-9H,3-6H2/q-1. The van der Waals surface area contributed by atoms with Crippen LogP contribution in [0, 0.1) is 17.8 Å². The first-order valence-corrected chi connectivity index (χ1v) is 6.66. The summed E-state index contributed by atoms with van der Waals surface area (Å²) in [6.07, 6.45) is -6.85. The molecule has 9 heteroatoms. The lowest BCUT2D eigenvalue weighted by atomic mass is 9.91. The molecule has 22 heavy (non-hydrogen) atoms. The maximum atomic E-state index is 12.4. The minimum absolute atomic E-state index is 0.0561. The van der Waals surface area contributed by atoms with E-state index in [0.29, 0.717) is 5.92 Å². The third-order valence-corrected chi connectivity index (χ3v) is 4.22. The van der Waals surface area contributed by atoms with Crippen LogP contribution < -0.4 is 5.11 Å². The van der Waals surface area contributed by atoms with Gasteiger partial charge in [-0.25, -0.2) is 0 Å². The van der Waals surface area contributed by atoms with Gasteiger partial charge < -0.3 is 9.84 Å². The second-order valence-electron chi connectivity index (χ2n) is 5.64. The highest BCUT2D eigenvalue weighted by molar-refractivity contribution is 5.81. The lowest BCUT2D eigenvalue weighted by Crippen LogP contribution is -2.71. The molecule has 0 radical (unpaired) electrons. The Kier molecular flexibility index (Phi) is 4.23. The van der Waals surface area contributed by atoms with Gasteiger partial charge in [0.2, 0.25) is 0 Å². The molecule has 0 aliphatic heterocycles. The van der Waals surface area contributed by atoms with E-state index in [2.05, 4.69) is 4.74 Å². The number of carbonyl (C=O) groups excluding carboxylic acids is 1. The zero-order valence-electron chi connectivity index (χ0n) is 11.2. The summed E-state index contributed by atoms with van der Waals surface area (Å²) in [4.78, 5) is 11.1. The summed E-state index contributed by atoms with van der Waals surface area (Å²) in [7, 11) is 0. The van der Waals surface area contributed by atoms with E-state index >= 15 is 0 Å². The van der Waals surface area contributed by atoms with Crippen LogP contribution in [0.4, 0.5) is 26.3 Å². The van der Waals surface area contributed by atoms with Gasteiger partial charge >= 0.3 is 18.3 Å². The molecule has 2 rings (SSSR count). The molecular formula is C13H13F6O3-. The Labute approximate surface area is 121 Å². The summed E-state index contributed by atoms with van der Waals surface area (Å²) in [6.45, 7) is -0.628. The van der Waals surface area contributed by atoms with Gasteiger partial charge in [-0.1, -0.05) is 12.2 Å². The molecule has 126 valence electrons. The topological polar surface area (TPSA) is 49.4 Å². The summed E-state index contributed by atoms with van der Waals surface area (Å²) in [5, 5.41) is 11.1. The number of carbonyl (C=O) groups is 1. The number of allylic oxidation sites excluding steroid dienone is 2. The van der Waals surface area contributed by atoms with Crippen molar-refractivity contribution in [3.63, 3.8) is 0 Å². The second kappa shape index (κ2) is 5.43. The molecular weight excluding hydrogens is 318 g/mol. The van der Waals surface area contributed by atoms with E-state index < -0.39 is 30.5 Å². The summed E-state index contributed by atoms with van der Waals surface area (Å²) < 4.78 is 78.2. The first kappa shape index (κ1) is 17.1. The number of alkyl halides is 6. The third-order valence-electron chi connectivity index (χ3n) is 4.22. The smallest absolute Gasteiger partial charge is 0.399 e. The number of ether oxygens (including phenoxy) is 1. The minimum Gasteiger partial charge on any atom is -0.828 e. The van der Waals surface area contributed by atoms with Crippen LogP contribution in [0.3, 0.4) is 0 Å². The van der Waals surface area contributed by atoms with Crippen LogP contribution in [0.5, 0.6) is 0 Å². The lowest BCUT2D eigenvalue weighted by Gasteiger charge is -2.40. The molecule has 1 fully saturated rings. The Morgan fingerprint density at radius 1 is 1.09 bits per heavy atom. The van der Waals surface area contributed by atoms with E-state index in [9.17, 15) is 36.2 Å². The van der Waals surface area contributed by atoms with Crippen molar-refractivity contribution in [2.24, 2.45) is 17.8 Å². The van der Waals surface area contributed by atoms with E-state index in [0.717, 1.165) is 12.8 Å². The van der Waals surface area contributed by atoms with Gasteiger partial charge in [-0.2, -0.15) is 26.3 Å². The number of esters is 1. The highest BCUT2D eigenvalue weighted by Gasteiger charge is 2.68. The van der Waals surface area contributed by atoms with Crippen LogP contribution in [-0.2, 0) is 9.53 Å². The Bertz CT molecular complexity index is 453. The summed E-state index contributed by atoms with van der Waals surface area (Å²) in [6, 6.07) is 0. The zero-order chi connectivity index (χ0) is 16.8. The third kappa shape index (κ3) is 2.82. The number of fused-ring (bicyclic) bond motifs is 2. The monoisotopic (exact) mass is 331 g/mol. The Balaban J connectivity index is 1.93. The molecule has 0 saturated heterocycles. The Morgan fingerprint density at radius 2 is 1.68 bits per heavy atom. The Hall–Kier alpha value is -1.25. The quantitative estimate of drug-likeness (QED) is 0.451. The Morgan fingerprint density at radius 3 is 2.09 bits per heavy atom. The van der Waals surface area contributed by atoms with Gasteiger partial charge in [0.15, 0.2) is 5.60 Å². The highest BCUT2D eigenvalue weighted by atomic mass is 19.4. The lowest BCUT2D eigenvalue weighted by molar-refractivity contribution is -0.574. The molecule has 0 aromatic heterocycles.